The van der Waals surface area contributed by atoms with Crippen molar-refractivity contribution in [3.8, 4) is 0 Å². The molecule has 1 aromatic rings. The third-order valence-corrected chi connectivity index (χ3v) is 20.0. The van der Waals surface area contributed by atoms with E-state index in [9.17, 15) is 9.13 Å². The number of hydrogen-bond acceptors (Lipinski definition) is 16. The average Bonchev–Trinajstić information content (AvgIpc) is 3.65. The number of fused-ring (bicyclic) bond motifs is 4. The Morgan fingerprint density at radius 2 is 0.894 bits per heavy atom. The summed E-state index contributed by atoms with van der Waals surface area (Å²) in [5.74, 6) is -0.0923. The second kappa shape index (κ2) is 19.3. The Balaban J connectivity index is 1.11. The molecule has 374 valence electrons. The minimum atomic E-state index is -3.95. The van der Waals surface area contributed by atoms with Crippen LogP contribution < -0.4 is 0 Å². The normalized spacial score (nSPS) is 42.9. The fourth-order valence-corrected chi connectivity index (χ4v) is 15.8. The van der Waals surface area contributed by atoms with E-state index in [1.54, 1.807) is 27.7 Å². The van der Waals surface area contributed by atoms with Gasteiger partial charge in [0.15, 0.2) is 23.8 Å². The SMILES string of the molecule is CCOP(=O)(OCC)OCc1cc(C[C@H]2O[C@@H]3O[C@]4(C)CC[C@H]5[C@H](C)CC[C@@H]([C@H]2C)[C@@]35OO4)c(C[C@H]2O[C@@H]3O[C@]4(C)CC[C@H]5[C@H](C)CC[C@@H]([C@H]2C)[C@@]35OO4)cc1COP(=O)(OCC)OCC. The van der Waals surface area contributed by atoms with E-state index in [1.807, 2.05) is 13.8 Å². The number of phosphoric ester groups is 2. The van der Waals surface area contributed by atoms with Gasteiger partial charge in [-0.2, -0.15) is 0 Å². The highest BCUT2D eigenvalue weighted by atomic mass is 31.2. The van der Waals surface area contributed by atoms with Gasteiger partial charge in [0.1, 0.15) is 0 Å². The Morgan fingerprint density at radius 3 is 1.26 bits per heavy atom. The van der Waals surface area contributed by atoms with Crippen molar-refractivity contribution in [2.24, 2.45) is 47.3 Å². The molecule has 8 saturated heterocycles. The van der Waals surface area contributed by atoms with Gasteiger partial charge in [-0.1, -0.05) is 39.8 Å². The highest BCUT2D eigenvalue weighted by molar-refractivity contribution is 7.48. The first-order valence-electron chi connectivity index (χ1n) is 25.1. The van der Waals surface area contributed by atoms with Crippen LogP contribution in [0.15, 0.2) is 12.1 Å². The third kappa shape index (κ3) is 8.93. The van der Waals surface area contributed by atoms with Crippen LogP contribution in [0, 0.1) is 47.3 Å². The molecule has 0 radical (unpaired) electrons. The first kappa shape index (κ1) is 50.1. The average molecular weight is 971 g/mol. The van der Waals surface area contributed by atoms with Gasteiger partial charge in [-0.15, -0.1) is 0 Å². The molecule has 10 fully saturated rings. The predicted molar refractivity (Wildman–Crippen MR) is 239 cm³/mol. The summed E-state index contributed by atoms with van der Waals surface area (Å²) in [4.78, 5) is 25.3. The molecule has 2 aliphatic carbocycles. The van der Waals surface area contributed by atoms with Crippen molar-refractivity contribution < 1.29 is 74.8 Å². The molecule has 0 unspecified atom stereocenters. The van der Waals surface area contributed by atoms with Gasteiger partial charge in [-0.25, -0.2) is 28.7 Å². The van der Waals surface area contributed by atoms with Crippen LogP contribution in [0.2, 0.25) is 0 Å². The number of ether oxygens (including phenoxy) is 4. The van der Waals surface area contributed by atoms with Crippen molar-refractivity contribution in [3.63, 3.8) is 0 Å². The molecule has 8 aliphatic heterocycles. The fraction of sp³-hybridized carbons (Fsp3) is 0.875. The summed E-state index contributed by atoms with van der Waals surface area (Å²) in [6, 6.07) is 4.15. The number of hydrogen-bond donors (Lipinski definition) is 0. The summed E-state index contributed by atoms with van der Waals surface area (Å²) in [7, 11) is -7.90. The van der Waals surface area contributed by atoms with E-state index in [4.69, 9.17) is 65.6 Å². The number of benzene rings is 1. The molecule has 0 aromatic heterocycles. The Labute approximate surface area is 391 Å². The van der Waals surface area contributed by atoms with Gasteiger partial charge in [0.25, 0.3) is 0 Å². The largest absolute Gasteiger partial charge is 0.475 e. The quantitative estimate of drug-likeness (QED) is 0.101. The van der Waals surface area contributed by atoms with Gasteiger partial charge in [-0.3, -0.25) is 27.1 Å². The van der Waals surface area contributed by atoms with Crippen LogP contribution in [-0.4, -0.2) is 74.0 Å². The summed E-state index contributed by atoms with van der Waals surface area (Å²) in [5.41, 5.74) is 1.87. The van der Waals surface area contributed by atoms with Gasteiger partial charge in [-0.05, 0) is 151 Å². The summed E-state index contributed by atoms with van der Waals surface area (Å²) in [5, 5.41) is 0. The van der Waals surface area contributed by atoms with Gasteiger partial charge < -0.3 is 18.9 Å². The van der Waals surface area contributed by atoms with Crippen LogP contribution in [0.25, 0.3) is 0 Å². The Morgan fingerprint density at radius 1 is 0.515 bits per heavy atom. The predicted octanol–water partition coefficient (Wildman–Crippen LogP) is 10.7. The monoisotopic (exact) mass is 970 g/mol. The van der Waals surface area contributed by atoms with Crippen molar-refractivity contribution in [2.45, 2.75) is 194 Å². The molecule has 16 nitrogen and oxygen atoms in total. The third-order valence-electron chi connectivity index (χ3n) is 16.9. The topological polar surface area (TPSA) is 163 Å². The van der Waals surface area contributed by atoms with Crippen LogP contribution >= 0.6 is 15.6 Å². The molecule has 10 aliphatic rings. The van der Waals surface area contributed by atoms with Gasteiger partial charge in [0.2, 0.25) is 11.6 Å². The highest BCUT2D eigenvalue weighted by Crippen LogP contribution is 2.63. The lowest BCUT2D eigenvalue weighted by atomic mass is 9.57. The van der Waals surface area contributed by atoms with Crippen molar-refractivity contribution in [1.29, 1.82) is 0 Å². The van der Waals surface area contributed by atoms with E-state index < -0.39 is 51.0 Å². The second-order valence-electron chi connectivity index (χ2n) is 20.8. The minimum absolute atomic E-state index is 0.0690. The number of phosphoric acid groups is 2. The molecule has 1 aromatic carbocycles. The summed E-state index contributed by atoms with van der Waals surface area (Å²) >= 11 is 0. The van der Waals surface area contributed by atoms with Crippen LogP contribution in [0.5, 0.6) is 0 Å². The molecule has 0 N–H and O–H groups in total. The van der Waals surface area contributed by atoms with Crippen LogP contribution in [-0.2, 0) is 101 Å². The van der Waals surface area contributed by atoms with Crippen LogP contribution in [0.1, 0.15) is 143 Å². The smallest absolute Gasteiger partial charge is 0.346 e. The maximum absolute atomic E-state index is 13.8. The molecular formula is C48H76O16P2. The first-order valence-corrected chi connectivity index (χ1v) is 28.0. The molecule has 4 bridgehead atoms. The van der Waals surface area contributed by atoms with Crippen molar-refractivity contribution >= 4 is 15.6 Å². The fourth-order valence-electron chi connectivity index (χ4n) is 13.5. The number of rotatable bonds is 18. The van der Waals surface area contributed by atoms with Crippen molar-refractivity contribution in [2.75, 3.05) is 26.4 Å². The molecule has 2 spiro atoms. The Bertz CT molecular complexity index is 1830. The Kier molecular flexibility index (Phi) is 14.6. The summed E-state index contributed by atoms with van der Waals surface area (Å²) in [6.45, 7) is 20.2. The van der Waals surface area contributed by atoms with E-state index in [0.717, 1.165) is 62.5 Å². The summed E-state index contributed by atoms with van der Waals surface area (Å²) < 4.78 is 90.0. The lowest BCUT2D eigenvalue weighted by Gasteiger charge is -2.60. The van der Waals surface area contributed by atoms with E-state index in [-0.39, 0.29) is 87.4 Å². The van der Waals surface area contributed by atoms with Crippen molar-refractivity contribution in [3.05, 3.63) is 34.4 Å². The molecule has 8 heterocycles. The standard InChI is InChI=1S/C48H76O16P2/c1-11-51-65(49,52-12-2)55-27-35-23-33(25-41-31(7)39-17-15-29(5)37-19-21-45(9)59-43(57-41)47(37,39)63-61-45)34(24-36(35)28-56-66(50,53-13-3)54-14-4)26-42-32(8)40-18-16-30(6)38-20-22-46(10)60-44(58-42)48(38,40)64-62-46/h23-24,29-32,37-44H,11-22,25-28H2,1-10H3/t29-,30-,31-,32-,37+,38+,39+,40+,41-,42-,43-,44-,45+,46+,47-,48-/m1/s1. The van der Waals surface area contributed by atoms with Gasteiger partial charge in [0, 0.05) is 24.7 Å². The van der Waals surface area contributed by atoms with E-state index in [1.165, 1.54) is 0 Å². The second-order valence-corrected chi connectivity index (χ2v) is 24.1. The molecule has 16 atom stereocenters. The Hall–Kier alpha value is -0.880. The van der Waals surface area contributed by atoms with Crippen LogP contribution in [0.3, 0.4) is 0 Å². The molecule has 11 rings (SSSR count). The molecule has 2 saturated carbocycles. The maximum atomic E-state index is 13.8. The van der Waals surface area contributed by atoms with Gasteiger partial charge in [0.05, 0.1) is 51.8 Å². The van der Waals surface area contributed by atoms with E-state index >= 15 is 0 Å². The molecular weight excluding hydrogens is 894 g/mol. The highest BCUT2D eigenvalue weighted by Gasteiger charge is 2.71. The molecule has 18 heteroatoms. The zero-order valence-electron chi connectivity index (χ0n) is 40.8. The van der Waals surface area contributed by atoms with E-state index in [0.29, 0.717) is 35.8 Å². The minimum Gasteiger partial charge on any atom is -0.346 e. The maximum Gasteiger partial charge on any atom is 0.475 e. The summed E-state index contributed by atoms with van der Waals surface area (Å²) in [6.07, 6.45) is 6.71. The first-order chi connectivity index (χ1) is 31.5. The molecule has 0 amide bonds. The van der Waals surface area contributed by atoms with Crippen LogP contribution in [0.4, 0.5) is 0 Å². The lowest BCUT2D eigenvalue weighted by molar-refractivity contribution is -0.571. The van der Waals surface area contributed by atoms with E-state index in [2.05, 4.69) is 39.8 Å². The van der Waals surface area contributed by atoms with Crippen molar-refractivity contribution in [1.82, 2.24) is 0 Å². The lowest BCUT2D eigenvalue weighted by Crippen LogP contribution is -2.70. The molecule has 66 heavy (non-hydrogen) atoms. The van der Waals surface area contributed by atoms with Gasteiger partial charge >= 0.3 is 15.6 Å². The zero-order valence-corrected chi connectivity index (χ0v) is 42.6. The zero-order chi connectivity index (χ0) is 46.9.